The molecule has 1 fully saturated rings. The van der Waals surface area contributed by atoms with E-state index < -0.39 is 11.7 Å². The highest BCUT2D eigenvalue weighted by atomic mass is 16.5. The number of hydrogen-bond donors (Lipinski definition) is 1. The Kier molecular flexibility index (Phi) is 8.69. The molecule has 1 aliphatic heterocycles. The summed E-state index contributed by atoms with van der Waals surface area (Å²) in [7, 11) is 0. The predicted molar refractivity (Wildman–Crippen MR) is 151 cm³/mol. The second-order valence-corrected chi connectivity index (χ2v) is 10.9. The molecule has 3 aromatic carbocycles. The van der Waals surface area contributed by atoms with Gasteiger partial charge in [-0.25, -0.2) is 0 Å². The molecule has 1 N–H and O–H groups in total. The summed E-state index contributed by atoms with van der Waals surface area (Å²) >= 11 is 0. The molecule has 38 heavy (non-hydrogen) atoms. The van der Waals surface area contributed by atoms with E-state index in [0.717, 1.165) is 43.8 Å². The van der Waals surface area contributed by atoms with E-state index in [0.29, 0.717) is 34.7 Å². The van der Waals surface area contributed by atoms with Crippen LogP contribution in [-0.2, 0) is 14.9 Å². The van der Waals surface area contributed by atoms with E-state index in [1.807, 2.05) is 56.3 Å². The first kappa shape index (κ1) is 27.6. The van der Waals surface area contributed by atoms with Gasteiger partial charge >= 0.3 is 0 Å². The number of anilines is 1. The number of carbonyl (C=O) groups is 2. The molecule has 0 atom stereocenters. The largest absolute Gasteiger partial charge is 0.492 e. The van der Waals surface area contributed by atoms with Crippen LogP contribution < -0.4 is 14.8 Å². The summed E-state index contributed by atoms with van der Waals surface area (Å²) < 4.78 is 17.4. The van der Waals surface area contributed by atoms with Crippen LogP contribution in [0.1, 0.15) is 50.5 Å². The minimum Gasteiger partial charge on any atom is -0.492 e. The standard InChI is InChI=1S/C31H38N2O5/c1-21(2)38-28-12-10-22(31(3,4)5)20-26(28)32-30(35)29(34)25-11-13-27(24-9-7-6-8-23(24)25)37-19-16-33-14-17-36-18-15-33/h6-13,20-21H,14-19H2,1-5H3,(H,32,35). The maximum absolute atomic E-state index is 13.4. The molecule has 3 aromatic rings. The van der Waals surface area contributed by atoms with Gasteiger partial charge in [0.25, 0.3) is 11.7 Å². The number of carbonyl (C=O) groups excluding carboxylic acids is 2. The highest BCUT2D eigenvalue weighted by Gasteiger charge is 2.23. The number of benzene rings is 3. The van der Waals surface area contributed by atoms with Crippen LogP contribution in [0.2, 0.25) is 0 Å². The summed E-state index contributed by atoms with van der Waals surface area (Å²) in [5.74, 6) is -0.104. The van der Waals surface area contributed by atoms with Gasteiger partial charge in [-0.3, -0.25) is 14.5 Å². The van der Waals surface area contributed by atoms with Crippen LogP contribution in [0, 0.1) is 0 Å². The molecule has 1 aliphatic rings. The highest BCUT2D eigenvalue weighted by Crippen LogP contribution is 2.33. The third-order valence-corrected chi connectivity index (χ3v) is 6.56. The molecular weight excluding hydrogens is 480 g/mol. The van der Waals surface area contributed by atoms with Crippen LogP contribution in [0.3, 0.4) is 0 Å². The topological polar surface area (TPSA) is 77.1 Å². The van der Waals surface area contributed by atoms with Crippen LogP contribution in [0.15, 0.2) is 54.6 Å². The molecule has 0 bridgehead atoms. The van der Waals surface area contributed by atoms with E-state index in [1.54, 1.807) is 12.1 Å². The zero-order valence-corrected chi connectivity index (χ0v) is 23.0. The minimum absolute atomic E-state index is 0.0819. The Labute approximate surface area is 225 Å². The zero-order chi connectivity index (χ0) is 27.3. The average Bonchev–Trinajstić information content (AvgIpc) is 2.89. The van der Waals surface area contributed by atoms with Gasteiger partial charge in [-0.1, -0.05) is 51.1 Å². The Balaban J connectivity index is 1.55. The molecule has 0 saturated carbocycles. The number of ether oxygens (including phenoxy) is 3. The zero-order valence-electron chi connectivity index (χ0n) is 23.0. The van der Waals surface area contributed by atoms with Gasteiger partial charge in [-0.15, -0.1) is 0 Å². The molecule has 7 heteroatoms. The molecule has 0 unspecified atom stereocenters. The van der Waals surface area contributed by atoms with Crippen LogP contribution in [-0.4, -0.2) is 62.1 Å². The first-order chi connectivity index (χ1) is 18.1. The molecule has 4 rings (SSSR count). The number of morpholine rings is 1. The third-order valence-electron chi connectivity index (χ3n) is 6.56. The Bertz CT molecular complexity index is 1290. The van der Waals surface area contributed by atoms with Crippen molar-refractivity contribution >= 4 is 28.2 Å². The lowest BCUT2D eigenvalue weighted by molar-refractivity contribution is -0.112. The van der Waals surface area contributed by atoms with Gasteiger partial charge in [-0.05, 0) is 54.5 Å². The number of ketones is 1. The van der Waals surface area contributed by atoms with Gasteiger partial charge in [0.05, 0.1) is 25.0 Å². The second kappa shape index (κ2) is 12.0. The Morgan fingerprint density at radius 1 is 0.974 bits per heavy atom. The van der Waals surface area contributed by atoms with Gasteiger partial charge < -0.3 is 19.5 Å². The fourth-order valence-corrected chi connectivity index (χ4v) is 4.46. The average molecular weight is 519 g/mol. The normalized spacial score (nSPS) is 14.5. The monoisotopic (exact) mass is 518 g/mol. The molecule has 0 aromatic heterocycles. The molecule has 202 valence electrons. The van der Waals surface area contributed by atoms with Gasteiger partial charge in [-0.2, -0.15) is 0 Å². The molecule has 7 nitrogen and oxygen atoms in total. The van der Waals surface area contributed by atoms with Gasteiger partial charge in [0.2, 0.25) is 0 Å². The van der Waals surface area contributed by atoms with E-state index in [-0.39, 0.29) is 11.5 Å². The molecule has 1 amide bonds. The number of rotatable bonds is 9. The molecule has 0 radical (unpaired) electrons. The third kappa shape index (κ3) is 6.71. The van der Waals surface area contributed by atoms with Crippen molar-refractivity contribution in [2.24, 2.45) is 0 Å². The highest BCUT2D eigenvalue weighted by molar-refractivity contribution is 6.48. The quantitative estimate of drug-likeness (QED) is 0.300. The lowest BCUT2D eigenvalue weighted by Gasteiger charge is -2.26. The number of nitrogens with zero attached hydrogens (tertiary/aromatic N) is 1. The summed E-state index contributed by atoms with van der Waals surface area (Å²) in [6, 6.07) is 16.7. The van der Waals surface area contributed by atoms with Crippen molar-refractivity contribution in [3.8, 4) is 11.5 Å². The van der Waals surface area contributed by atoms with Crippen molar-refractivity contribution in [2.75, 3.05) is 44.8 Å². The lowest BCUT2D eigenvalue weighted by atomic mass is 9.86. The predicted octanol–water partition coefficient (Wildman–Crippen LogP) is 5.46. The van der Waals surface area contributed by atoms with Gasteiger partial charge in [0.15, 0.2) is 0 Å². The van der Waals surface area contributed by atoms with E-state index in [4.69, 9.17) is 14.2 Å². The summed E-state index contributed by atoms with van der Waals surface area (Å²) in [4.78, 5) is 28.9. The maximum Gasteiger partial charge on any atom is 0.296 e. The van der Waals surface area contributed by atoms with Crippen LogP contribution >= 0.6 is 0 Å². The van der Waals surface area contributed by atoms with Crippen LogP contribution in [0.25, 0.3) is 10.8 Å². The van der Waals surface area contributed by atoms with Crippen LogP contribution in [0.4, 0.5) is 5.69 Å². The number of hydrogen-bond acceptors (Lipinski definition) is 6. The fourth-order valence-electron chi connectivity index (χ4n) is 4.46. The molecule has 0 aliphatic carbocycles. The second-order valence-electron chi connectivity index (χ2n) is 10.9. The number of nitrogens with one attached hydrogen (secondary N) is 1. The van der Waals surface area contributed by atoms with Crippen LogP contribution in [0.5, 0.6) is 11.5 Å². The number of Topliss-reactive ketones (excluding diaryl/α,β-unsaturated/α-hetero) is 1. The van der Waals surface area contributed by atoms with Gasteiger partial charge in [0.1, 0.15) is 18.1 Å². The molecule has 1 saturated heterocycles. The number of fused-ring (bicyclic) bond motifs is 1. The van der Waals surface area contributed by atoms with E-state index in [2.05, 4.69) is 31.0 Å². The van der Waals surface area contributed by atoms with E-state index in [9.17, 15) is 9.59 Å². The van der Waals surface area contributed by atoms with Crippen molar-refractivity contribution in [3.05, 3.63) is 65.7 Å². The Morgan fingerprint density at radius 2 is 1.66 bits per heavy atom. The van der Waals surface area contributed by atoms with Crippen molar-refractivity contribution in [1.29, 1.82) is 0 Å². The van der Waals surface area contributed by atoms with Crippen molar-refractivity contribution in [3.63, 3.8) is 0 Å². The summed E-state index contributed by atoms with van der Waals surface area (Å²) in [5.41, 5.74) is 1.71. The summed E-state index contributed by atoms with van der Waals surface area (Å²) in [6.45, 7) is 14.7. The SMILES string of the molecule is CC(C)Oc1ccc(C(C)(C)C)cc1NC(=O)C(=O)c1ccc(OCCN2CCOCC2)c2ccccc12. The van der Waals surface area contributed by atoms with E-state index in [1.165, 1.54) is 0 Å². The minimum atomic E-state index is -0.712. The fraction of sp³-hybridized carbons (Fsp3) is 0.419. The molecule has 0 spiro atoms. The van der Waals surface area contributed by atoms with Crippen molar-refractivity contribution in [2.45, 2.75) is 46.1 Å². The van der Waals surface area contributed by atoms with Crippen molar-refractivity contribution < 1.29 is 23.8 Å². The lowest BCUT2D eigenvalue weighted by Crippen LogP contribution is -2.38. The molecule has 1 heterocycles. The first-order valence-corrected chi connectivity index (χ1v) is 13.2. The summed E-state index contributed by atoms with van der Waals surface area (Å²) in [6.07, 6.45) is -0.0819. The Hall–Kier alpha value is -3.42. The van der Waals surface area contributed by atoms with Crippen molar-refractivity contribution in [1.82, 2.24) is 4.90 Å². The smallest absolute Gasteiger partial charge is 0.296 e. The van der Waals surface area contributed by atoms with Gasteiger partial charge in [0, 0.05) is 30.6 Å². The Morgan fingerprint density at radius 3 is 2.34 bits per heavy atom. The summed E-state index contributed by atoms with van der Waals surface area (Å²) in [5, 5.41) is 4.29. The van der Waals surface area contributed by atoms with E-state index >= 15 is 0 Å². The maximum atomic E-state index is 13.4. The molecular formula is C31H38N2O5. The first-order valence-electron chi connectivity index (χ1n) is 13.2. The number of amides is 1.